The largest absolute Gasteiger partial charge is 0.468 e. The number of hydrogen-bond donors (Lipinski definition) is 1. The van der Waals surface area contributed by atoms with E-state index in [1.165, 1.54) is 12.7 Å². The molecule has 1 N–H and O–H groups in total. The van der Waals surface area contributed by atoms with Crippen LogP contribution in [0.25, 0.3) is 0 Å². The molecule has 0 heterocycles. The zero-order valence-electron chi connectivity index (χ0n) is 9.90. The minimum Gasteiger partial charge on any atom is -0.468 e. The zero-order chi connectivity index (χ0) is 12.5. The molecule has 0 saturated carbocycles. The summed E-state index contributed by atoms with van der Waals surface area (Å²) < 4.78 is 4.49. The van der Waals surface area contributed by atoms with Crippen molar-refractivity contribution >= 4 is 5.97 Å². The fraction of sp³-hybridized carbons (Fsp3) is 0.357. The number of methoxy groups -OCH3 is 1. The molecule has 0 unspecified atom stereocenters. The lowest BCUT2D eigenvalue weighted by Crippen LogP contribution is -1.97. The van der Waals surface area contributed by atoms with Crippen molar-refractivity contribution in [3.63, 3.8) is 0 Å². The van der Waals surface area contributed by atoms with E-state index >= 15 is 0 Å². The van der Waals surface area contributed by atoms with Gasteiger partial charge in [-0.1, -0.05) is 24.0 Å². The molecule has 1 aromatic carbocycles. The summed E-state index contributed by atoms with van der Waals surface area (Å²) in [6, 6.07) is 7.80. The fourth-order valence-corrected chi connectivity index (χ4v) is 1.33. The standard InChI is InChI=1S/C14H16O3/c1-17-14(16)6-2-4-12-7-9-13(10-8-12)5-3-11-15/h7-10,15H,3,5-6,11H2,1H3. The number of benzene rings is 1. The SMILES string of the molecule is COC(=O)CC#Cc1ccc(CCCO)cc1. The highest BCUT2D eigenvalue weighted by molar-refractivity contribution is 5.72. The minimum atomic E-state index is -0.322. The predicted octanol–water partition coefficient (Wildman–Crippen LogP) is 1.53. The summed E-state index contributed by atoms with van der Waals surface area (Å²) in [7, 11) is 1.35. The van der Waals surface area contributed by atoms with Crippen molar-refractivity contribution in [3.05, 3.63) is 35.4 Å². The Kier molecular flexibility index (Phi) is 5.84. The number of carbonyl (C=O) groups is 1. The average molecular weight is 232 g/mol. The lowest BCUT2D eigenvalue weighted by atomic mass is 10.1. The quantitative estimate of drug-likeness (QED) is 0.632. The van der Waals surface area contributed by atoms with Gasteiger partial charge in [0.1, 0.15) is 6.42 Å². The van der Waals surface area contributed by atoms with Crippen molar-refractivity contribution < 1.29 is 14.6 Å². The van der Waals surface area contributed by atoms with Crippen LogP contribution >= 0.6 is 0 Å². The van der Waals surface area contributed by atoms with Gasteiger partial charge in [0.15, 0.2) is 0 Å². The topological polar surface area (TPSA) is 46.5 Å². The minimum absolute atomic E-state index is 0.114. The van der Waals surface area contributed by atoms with Gasteiger partial charge in [0.2, 0.25) is 0 Å². The van der Waals surface area contributed by atoms with Crippen LogP contribution in [-0.2, 0) is 16.0 Å². The smallest absolute Gasteiger partial charge is 0.317 e. The second-order valence-corrected chi connectivity index (χ2v) is 3.58. The van der Waals surface area contributed by atoms with Gasteiger partial charge in [-0.2, -0.15) is 0 Å². The van der Waals surface area contributed by atoms with Crippen LogP contribution in [0, 0.1) is 11.8 Å². The Labute approximate surface area is 101 Å². The van der Waals surface area contributed by atoms with E-state index in [4.69, 9.17) is 5.11 Å². The van der Waals surface area contributed by atoms with E-state index in [9.17, 15) is 4.79 Å². The molecule has 3 nitrogen and oxygen atoms in total. The van der Waals surface area contributed by atoms with Crippen LogP contribution in [0.3, 0.4) is 0 Å². The molecule has 0 amide bonds. The van der Waals surface area contributed by atoms with Gasteiger partial charge in [-0.05, 0) is 30.5 Å². The van der Waals surface area contributed by atoms with Crippen molar-refractivity contribution in [1.82, 2.24) is 0 Å². The van der Waals surface area contributed by atoms with E-state index in [1.807, 2.05) is 24.3 Å². The van der Waals surface area contributed by atoms with Crippen molar-refractivity contribution in [2.24, 2.45) is 0 Å². The summed E-state index contributed by atoms with van der Waals surface area (Å²) in [5.41, 5.74) is 2.05. The van der Waals surface area contributed by atoms with Crippen LogP contribution in [-0.4, -0.2) is 24.8 Å². The lowest BCUT2D eigenvalue weighted by Gasteiger charge is -1.98. The number of carbonyl (C=O) groups excluding carboxylic acids is 1. The summed E-state index contributed by atoms with van der Waals surface area (Å²) in [5.74, 6) is 5.32. The van der Waals surface area contributed by atoms with Gasteiger partial charge in [0, 0.05) is 12.2 Å². The van der Waals surface area contributed by atoms with Crippen LogP contribution < -0.4 is 0 Å². The van der Waals surface area contributed by atoms with E-state index in [0.717, 1.165) is 18.4 Å². The Balaban J connectivity index is 2.52. The second-order valence-electron chi connectivity index (χ2n) is 3.58. The maximum atomic E-state index is 10.8. The molecule has 0 spiro atoms. The van der Waals surface area contributed by atoms with Gasteiger partial charge in [0.05, 0.1) is 7.11 Å². The number of ether oxygens (including phenoxy) is 1. The first-order chi connectivity index (χ1) is 8.26. The van der Waals surface area contributed by atoms with Crippen LogP contribution in [0.5, 0.6) is 0 Å². The van der Waals surface area contributed by atoms with Gasteiger partial charge < -0.3 is 9.84 Å². The van der Waals surface area contributed by atoms with Crippen LogP contribution in [0.1, 0.15) is 24.0 Å². The molecule has 90 valence electrons. The molecule has 0 aromatic heterocycles. The third-order valence-corrected chi connectivity index (χ3v) is 2.27. The Morgan fingerprint density at radius 2 is 2.06 bits per heavy atom. The summed E-state index contributed by atoms with van der Waals surface area (Å²) >= 11 is 0. The summed E-state index contributed by atoms with van der Waals surface area (Å²) in [6.07, 6.45) is 1.75. The highest BCUT2D eigenvalue weighted by Gasteiger charge is 1.95. The molecule has 0 radical (unpaired) electrons. The normalized spacial score (nSPS) is 9.29. The second kappa shape index (κ2) is 7.48. The summed E-state index contributed by atoms with van der Waals surface area (Å²) in [6.45, 7) is 0.209. The third kappa shape index (κ3) is 5.19. The van der Waals surface area contributed by atoms with Crippen molar-refractivity contribution in [2.45, 2.75) is 19.3 Å². The van der Waals surface area contributed by atoms with E-state index < -0.39 is 0 Å². The van der Waals surface area contributed by atoms with E-state index in [1.54, 1.807) is 0 Å². The molecule has 0 aliphatic rings. The first-order valence-electron chi connectivity index (χ1n) is 5.51. The Morgan fingerprint density at radius 3 is 2.65 bits per heavy atom. The number of esters is 1. The van der Waals surface area contributed by atoms with E-state index in [0.29, 0.717) is 0 Å². The molecular formula is C14H16O3. The Bertz CT molecular complexity index is 409. The number of aliphatic hydroxyl groups excluding tert-OH is 1. The summed E-state index contributed by atoms with van der Waals surface area (Å²) in [4.78, 5) is 10.8. The van der Waals surface area contributed by atoms with Crippen LogP contribution in [0.15, 0.2) is 24.3 Å². The molecule has 3 heteroatoms. The molecule has 1 rings (SSSR count). The van der Waals surface area contributed by atoms with E-state index in [-0.39, 0.29) is 19.0 Å². The Morgan fingerprint density at radius 1 is 1.35 bits per heavy atom. The molecule has 0 aliphatic carbocycles. The molecule has 0 saturated heterocycles. The number of rotatable bonds is 4. The highest BCUT2D eigenvalue weighted by atomic mass is 16.5. The van der Waals surface area contributed by atoms with Gasteiger partial charge in [-0.3, -0.25) is 4.79 Å². The molecule has 0 atom stereocenters. The fourth-order valence-electron chi connectivity index (χ4n) is 1.33. The first-order valence-corrected chi connectivity index (χ1v) is 5.51. The van der Waals surface area contributed by atoms with E-state index in [2.05, 4.69) is 16.6 Å². The van der Waals surface area contributed by atoms with Crippen molar-refractivity contribution in [1.29, 1.82) is 0 Å². The number of aliphatic hydroxyl groups is 1. The molecule has 0 bridgehead atoms. The molecular weight excluding hydrogens is 216 g/mol. The maximum absolute atomic E-state index is 10.8. The van der Waals surface area contributed by atoms with Crippen molar-refractivity contribution in [3.8, 4) is 11.8 Å². The summed E-state index contributed by atoms with van der Waals surface area (Å²) in [5, 5.41) is 8.71. The molecule has 0 fully saturated rings. The monoisotopic (exact) mass is 232 g/mol. The Hall–Kier alpha value is -1.79. The number of aryl methyl sites for hydroxylation is 1. The number of hydrogen-bond acceptors (Lipinski definition) is 3. The zero-order valence-corrected chi connectivity index (χ0v) is 9.90. The molecule has 0 aliphatic heterocycles. The van der Waals surface area contributed by atoms with Gasteiger partial charge >= 0.3 is 5.97 Å². The third-order valence-electron chi connectivity index (χ3n) is 2.27. The van der Waals surface area contributed by atoms with Gasteiger partial charge in [-0.15, -0.1) is 0 Å². The van der Waals surface area contributed by atoms with Gasteiger partial charge in [0.25, 0.3) is 0 Å². The average Bonchev–Trinajstić information content (AvgIpc) is 2.37. The molecule has 1 aromatic rings. The predicted molar refractivity (Wildman–Crippen MR) is 65.4 cm³/mol. The van der Waals surface area contributed by atoms with Crippen LogP contribution in [0.4, 0.5) is 0 Å². The maximum Gasteiger partial charge on any atom is 0.317 e. The first kappa shape index (κ1) is 13.3. The highest BCUT2D eigenvalue weighted by Crippen LogP contribution is 2.05. The lowest BCUT2D eigenvalue weighted by molar-refractivity contribution is -0.139. The molecule has 17 heavy (non-hydrogen) atoms. The van der Waals surface area contributed by atoms with Crippen LogP contribution in [0.2, 0.25) is 0 Å². The van der Waals surface area contributed by atoms with Crippen molar-refractivity contribution in [2.75, 3.05) is 13.7 Å². The van der Waals surface area contributed by atoms with Gasteiger partial charge in [-0.25, -0.2) is 0 Å².